The normalized spacial score (nSPS) is 11.8. The van der Waals surface area contributed by atoms with Gasteiger partial charge in [-0.2, -0.15) is 0 Å². The summed E-state index contributed by atoms with van der Waals surface area (Å²) in [6.45, 7) is 3.91. The number of rotatable bonds is 11. The van der Waals surface area contributed by atoms with Crippen LogP contribution in [-0.2, 0) is 4.74 Å². The van der Waals surface area contributed by atoms with Crippen molar-refractivity contribution in [1.29, 1.82) is 0 Å². The second-order valence-electron chi connectivity index (χ2n) is 5.20. The molecule has 0 saturated carbocycles. The molecule has 0 heterocycles. The number of nitrogens with one attached hydrogen (secondary N) is 2. The van der Waals surface area contributed by atoms with E-state index in [4.69, 9.17) is 14.2 Å². The quantitative estimate of drug-likeness (QED) is 0.608. The standard InChI is InChI=1S/C17H28N2O4/c1-5-14(12-18-2)19-17(20)13-7-8-15(22-4)16(11-13)23-10-6-9-21-3/h7-8,11,14,18H,5-6,9-10,12H2,1-4H3,(H,19,20)/t14-/m1/s1. The van der Waals surface area contributed by atoms with Gasteiger partial charge >= 0.3 is 0 Å². The Morgan fingerprint density at radius 1 is 1.22 bits per heavy atom. The first kappa shape index (κ1) is 19.3. The van der Waals surface area contributed by atoms with Gasteiger partial charge in [-0.1, -0.05) is 6.92 Å². The third kappa shape index (κ3) is 6.46. The molecule has 0 aliphatic rings. The van der Waals surface area contributed by atoms with Crippen molar-refractivity contribution >= 4 is 5.91 Å². The SMILES string of the molecule is CC[C@H](CNC)NC(=O)c1ccc(OC)c(OCCCOC)c1. The highest BCUT2D eigenvalue weighted by molar-refractivity contribution is 5.95. The van der Waals surface area contributed by atoms with Gasteiger partial charge in [0.05, 0.1) is 13.7 Å². The molecule has 0 spiro atoms. The molecule has 0 aliphatic carbocycles. The van der Waals surface area contributed by atoms with Gasteiger partial charge in [0, 0.05) is 38.3 Å². The first-order valence-electron chi connectivity index (χ1n) is 7.91. The predicted molar refractivity (Wildman–Crippen MR) is 90.5 cm³/mol. The average Bonchev–Trinajstić information content (AvgIpc) is 2.58. The topological polar surface area (TPSA) is 68.8 Å². The maximum absolute atomic E-state index is 12.4. The zero-order chi connectivity index (χ0) is 17.1. The number of hydrogen-bond acceptors (Lipinski definition) is 5. The van der Waals surface area contributed by atoms with Gasteiger partial charge in [-0.15, -0.1) is 0 Å². The van der Waals surface area contributed by atoms with Gasteiger partial charge < -0.3 is 24.8 Å². The van der Waals surface area contributed by atoms with Crippen LogP contribution in [0.4, 0.5) is 0 Å². The van der Waals surface area contributed by atoms with E-state index in [0.717, 1.165) is 19.4 Å². The summed E-state index contributed by atoms with van der Waals surface area (Å²) in [6.07, 6.45) is 1.64. The van der Waals surface area contributed by atoms with Gasteiger partial charge in [0.2, 0.25) is 0 Å². The van der Waals surface area contributed by atoms with Crippen molar-refractivity contribution < 1.29 is 19.0 Å². The van der Waals surface area contributed by atoms with Crippen molar-refractivity contribution in [2.45, 2.75) is 25.8 Å². The van der Waals surface area contributed by atoms with E-state index in [1.807, 2.05) is 14.0 Å². The molecule has 6 nitrogen and oxygen atoms in total. The van der Waals surface area contributed by atoms with Crippen LogP contribution in [0.2, 0.25) is 0 Å². The minimum atomic E-state index is -0.114. The van der Waals surface area contributed by atoms with Crippen LogP contribution >= 0.6 is 0 Å². The minimum Gasteiger partial charge on any atom is -0.493 e. The lowest BCUT2D eigenvalue weighted by atomic mass is 10.1. The van der Waals surface area contributed by atoms with Gasteiger partial charge in [-0.25, -0.2) is 0 Å². The molecule has 0 bridgehead atoms. The van der Waals surface area contributed by atoms with E-state index in [2.05, 4.69) is 10.6 Å². The molecule has 1 amide bonds. The predicted octanol–water partition coefficient (Wildman–Crippen LogP) is 1.84. The van der Waals surface area contributed by atoms with E-state index < -0.39 is 0 Å². The largest absolute Gasteiger partial charge is 0.493 e. The Labute approximate surface area is 138 Å². The molecule has 2 N–H and O–H groups in total. The molecule has 0 aliphatic heterocycles. The van der Waals surface area contributed by atoms with E-state index >= 15 is 0 Å². The lowest BCUT2D eigenvalue weighted by Gasteiger charge is -2.17. The molecule has 1 aromatic rings. The molecular weight excluding hydrogens is 296 g/mol. The van der Waals surface area contributed by atoms with Crippen molar-refractivity contribution in [3.8, 4) is 11.5 Å². The summed E-state index contributed by atoms with van der Waals surface area (Å²) in [5, 5.41) is 6.08. The summed E-state index contributed by atoms with van der Waals surface area (Å²) >= 11 is 0. The Kier molecular flexibility index (Phi) is 9.09. The Bertz CT molecular complexity index is 480. The van der Waals surface area contributed by atoms with Gasteiger partial charge in [0.25, 0.3) is 5.91 Å². The molecule has 0 radical (unpaired) electrons. The van der Waals surface area contributed by atoms with Crippen LogP contribution in [-0.4, -0.2) is 53.0 Å². The molecule has 0 aromatic heterocycles. The van der Waals surface area contributed by atoms with Crippen LogP contribution in [0, 0.1) is 0 Å². The third-order valence-electron chi connectivity index (χ3n) is 3.45. The lowest BCUT2D eigenvalue weighted by molar-refractivity contribution is 0.0935. The van der Waals surface area contributed by atoms with Crippen LogP contribution < -0.4 is 20.1 Å². The summed E-state index contributed by atoms with van der Waals surface area (Å²) in [6, 6.07) is 5.30. The fourth-order valence-corrected chi connectivity index (χ4v) is 2.13. The summed E-state index contributed by atoms with van der Waals surface area (Å²) in [7, 11) is 5.10. The third-order valence-corrected chi connectivity index (χ3v) is 3.45. The van der Waals surface area contributed by atoms with Crippen molar-refractivity contribution in [2.24, 2.45) is 0 Å². The van der Waals surface area contributed by atoms with E-state index in [9.17, 15) is 4.79 Å². The van der Waals surface area contributed by atoms with E-state index in [-0.39, 0.29) is 11.9 Å². The number of amides is 1. The number of hydrogen-bond donors (Lipinski definition) is 2. The van der Waals surface area contributed by atoms with Crippen LogP contribution in [0.5, 0.6) is 11.5 Å². The Morgan fingerprint density at radius 3 is 2.61 bits per heavy atom. The highest BCUT2D eigenvalue weighted by Crippen LogP contribution is 2.28. The number of carbonyl (C=O) groups is 1. The lowest BCUT2D eigenvalue weighted by Crippen LogP contribution is -2.40. The molecule has 1 atom stereocenters. The molecule has 130 valence electrons. The van der Waals surface area contributed by atoms with Gasteiger partial charge in [0.15, 0.2) is 11.5 Å². The smallest absolute Gasteiger partial charge is 0.251 e. The molecule has 1 rings (SSSR count). The summed E-state index contributed by atoms with van der Waals surface area (Å²) < 4.78 is 16.0. The minimum absolute atomic E-state index is 0.0978. The van der Waals surface area contributed by atoms with Crippen LogP contribution in [0.15, 0.2) is 18.2 Å². The Hall–Kier alpha value is -1.79. The first-order chi connectivity index (χ1) is 11.2. The van der Waals surface area contributed by atoms with Gasteiger partial charge in [0.1, 0.15) is 0 Å². The van der Waals surface area contributed by atoms with Crippen molar-refractivity contribution in [2.75, 3.05) is 41.0 Å². The van der Waals surface area contributed by atoms with Crippen molar-refractivity contribution in [1.82, 2.24) is 10.6 Å². The molecule has 0 unspecified atom stereocenters. The molecule has 6 heteroatoms. The first-order valence-corrected chi connectivity index (χ1v) is 7.91. The average molecular weight is 324 g/mol. The fraction of sp³-hybridized carbons (Fsp3) is 0.588. The number of carbonyl (C=O) groups excluding carboxylic acids is 1. The second-order valence-corrected chi connectivity index (χ2v) is 5.20. The highest BCUT2D eigenvalue weighted by atomic mass is 16.5. The zero-order valence-corrected chi connectivity index (χ0v) is 14.5. The number of benzene rings is 1. The van der Waals surface area contributed by atoms with Crippen molar-refractivity contribution in [3.05, 3.63) is 23.8 Å². The number of methoxy groups -OCH3 is 2. The Morgan fingerprint density at radius 2 is 2.00 bits per heavy atom. The highest BCUT2D eigenvalue weighted by Gasteiger charge is 2.14. The monoisotopic (exact) mass is 324 g/mol. The molecular formula is C17H28N2O4. The van der Waals surface area contributed by atoms with E-state index in [0.29, 0.717) is 30.3 Å². The van der Waals surface area contributed by atoms with E-state index in [1.54, 1.807) is 32.4 Å². The number of ether oxygens (including phenoxy) is 3. The molecule has 1 aromatic carbocycles. The van der Waals surface area contributed by atoms with Crippen LogP contribution in [0.25, 0.3) is 0 Å². The zero-order valence-electron chi connectivity index (χ0n) is 14.5. The number of likely N-dealkylation sites (N-methyl/N-ethyl adjacent to an activating group) is 1. The maximum Gasteiger partial charge on any atom is 0.251 e. The van der Waals surface area contributed by atoms with Crippen molar-refractivity contribution in [3.63, 3.8) is 0 Å². The van der Waals surface area contributed by atoms with Gasteiger partial charge in [-0.05, 0) is 31.7 Å². The summed E-state index contributed by atoms with van der Waals surface area (Å²) in [5.41, 5.74) is 0.557. The van der Waals surface area contributed by atoms with Crippen LogP contribution in [0.3, 0.4) is 0 Å². The fourth-order valence-electron chi connectivity index (χ4n) is 2.13. The maximum atomic E-state index is 12.4. The molecule has 0 saturated heterocycles. The molecule has 23 heavy (non-hydrogen) atoms. The van der Waals surface area contributed by atoms with Crippen LogP contribution in [0.1, 0.15) is 30.1 Å². The molecule has 0 fully saturated rings. The second kappa shape index (κ2) is 10.9. The van der Waals surface area contributed by atoms with E-state index in [1.165, 1.54) is 0 Å². The van der Waals surface area contributed by atoms with Gasteiger partial charge in [-0.3, -0.25) is 4.79 Å². The summed E-state index contributed by atoms with van der Waals surface area (Å²) in [5.74, 6) is 1.07. The Balaban J connectivity index is 2.76. The summed E-state index contributed by atoms with van der Waals surface area (Å²) in [4.78, 5) is 12.4.